The molecule has 1 unspecified atom stereocenters. The molecule has 0 aliphatic rings. The van der Waals surface area contributed by atoms with E-state index < -0.39 is 5.54 Å². The zero-order valence-electron chi connectivity index (χ0n) is 11.3. The smallest absolute Gasteiger partial charge is 0.325 e. The van der Waals surface area contributed by atoms with E-state index >= 15 is 0 Å². The first-order valence-electron chi connectivity index (χ1n) is 6.03. The van der Waals surface area contributed by atoms with Gasteiger partial charge in [-0.3, -0.25) is 10.1 Å². The van der Waals surface area contributed by atoms with Gasteiger partial charge in [-0.1, -0.05) is 25.1 Å². The summed E-state index contributed by atoms with van der Waals surface area (Å²) in [6, 6.07) is 6.36. The molecule has 0 heterocycles. The third-order valence-corrected chi connectivity index (χ3v) is 2.92. The van der Waals surface area contributed by atoms with Crippen LogP contribution in [0, 0.1) is 5.82 Å². The lowest BCUT2D eigenvalue weighted by atomic mass is 9.98. The first-order chi connectivity index (χ1) is 8.42. The van der Waals surface area contributed by atoms with E-state index in [2.05, 4.69) is 5.32 Å². The van der Waals surface area contributed by atoms with E-state index in [-0.39, 0.29) is 17.8 Å². The number of halogens is 1. The van der Waals surface area contributed by atoms with Crippen LogP contribution in [-0.2, 0) is 9.53 Å². The minimum atomic E-state index is -0.849. The average molecular weight is 253 g/mol. The number of hydrogen-bond acceptors (Lipinski definition) is 3. The Morgan fingerprint density at radius 1 is 1.44 bits per heavy atom. The summed E-state index contributed by atoms with van der Waals surface area (Å²) >= 11 is 0. The first kappa shape index (κ1) is 14.6. The van der Waals surface area contributed by atoms with Crippen LogP contribution in [0.3, 0.4) is 0 Å². The lowest BCUT2D eigenvalue weighted by Gasteiger charge is -2.29. The molecule has 0 saturated carbocycles. The quantitative estimate of drug-likeness (QED) is 0.820. The summed E-state index contributed by atoms with van der Waals surface area (Å²) in [7, 11) is 1.34. The van der Waals surface area contributed by atoms with Crippen LogP contribution in [0.2, 0.25) is 0 Å². The highest BCUT2D eigenvalue weighted by atomic mass is 19.1. The third kappa shape index (κ3) is 3.29. The Balaban J connectivity index is 2.93. The summed E-state index contributed by atoms with van der Waals surface area (Å²) in [5, 5.41) is 3.14. The highest BCUT2D eigenvalue weighted by molar-refractivity contribution is 5.79. The number of carbonyl (C=O) groups excluding carboxylic acids is 1. The van der Waals surface area contributed by atoms with E-state index in [0.29, 0.717) is 12.0 Å². The Labute approximate surface area is 107 Å². The maximum absolute atomic E-state index is 13.7. The topological polar surface area (TPSA) is 38.3 Å². The molecule has 0 spiro atoms. The second-order valence-electron chi connectivity index (χ2n) is 4.74. The van der Waals surface area contributed by atoms with E-state index in [4.69, 9.17) is 4.74 Å². The molecule has 1 atom stereocenters. The van der Waals surface area contributed by atoms with E-state index in [1.165, 1.54) is 13.2 Å². The van der Waals surface area contributed by atoms with Crippen LogP contribution in [0.15, 0.2) is 24.3 Å². The van der Waals surface area contributed by atoms with Crippen molar-refractivity contribution in [3.63, 3.8) is 0 Å². The monoisotopic (exact) mass is 253 g/mol. The van der Waals surface area contributed by atoms with E-state index in [1.54, 1.807) is 32.0 Å². The molecule has 0 bridgehead atoms. The highest BCUT2D eigenvalue weighted by Crippen LogP contribution is 2.23. The van der Waals surface area contributed by atoms with Gasteiger partial charge in [0.2, 0.25) is 0 Å². The van der Waals surface area contributed by atoms with Crippen molar-refractivity contribution in [2.45, 2.75) is 38.8 Å². The molecule has 0 aliphatic heterocycles. The number of carbonyl (C=O) groups is 1. The minimum absolute atomic E-state index is 0.222. The molecular formula is C14H20FNO2. The normalized spacial score (nSPS) is 13.2. The Kier molecular flexibility index (Phi) is 4.84. The number of esters is 1. The number of hydrogen-bond donors (Lipinski definition) is 1. The number of rotatable bonds is 5. The van der Waals surface area contributed by atoms with Gasteiger partial charge in [0, 0.05) is 11.6 Å². The van der Waals surface area contributed by atoms with Crippen LogP contribution >= 0.6 is 0 Å². The highest BCUT2D eigenvalue weighted by Gasteiger charge is 2.31. The second-order valence-corrected chi connectivity index (χ2v) is 4.74. The van der Waals surface area contributed by atoms with Gasteiger partial charge in [0.1, 0.15) is 11.4 Å². The van der Waals surface area contributed by atoms with Gasteiger partial charge in [-0.15, -0.1) is 0 Å². The largest absolute Gasteiger partial charge is 0.468 e. The number of benzene rings is 1. The van der Waals surface area contributed by atoms with Gasteiger partial charge in [0.25, 0.3) is 0 Å². The van der Waals surface area contributed by atoms with Crippen LogP contribution in [0.25, 0.3) is 0 Å². The molecule has 4 heteroatoms. The molecule has 1 aromatic carbocycles. The van der Waals surface area contributed by atoms with Crippen molar-refractivity contribution < 1.29 is 13.9 Å². The van der Waals surface area contributed by atoms with Gasteiger partial charge < -0.3 is 4.74 Å². The maximum Gasteiger partial charge on any atom is 0.325 e. The summed E-state index contributed by atoms with van der Waals surface area (Å²) in [6.45, 7) is 5.39. The fourth-order valence-electron chi connectivity index (χ4n) is 1.91. The lowest BCUT2D eigenvalue weighted by Crippen LogP contribution is -2.49. The molecule has 0 saturated heterocycles. The molecule has 1 aromatic rings. The molecule has 3 nitrogen and oxygen atoms in total. The average Bonchev–Trinajstić information content (AvgIpc) is 2.35. The van der Waals surface area contributed by atoms with Gasteiger partial charge in [-0.25, -0.2) is 4.39 Å². The van der Waals surface area contributed by atoms with E-state index in [0.717, 1.165) is 0 Å². The Bertz CT molecular complexity index is 418. The Hall–Kier alpha value is -1.42. The molecule has 0 aliphatic carbocycles. The van der Waals surface area contributed by atoms with Gasteiger partial charge in [0.05, 0.1) is 7.11 Å². The SMILES string of the molecule is CCC(NC(C)(C)C(=O)OC)c1ccccc1F. The molecule has 0 fully saturated rings. The Morgan fingerprint density at radius 3 is 2.56 bits per heavy atom. The van der Waals surface area contributed by atoms with Gasteiger partial charge >= 0.3 is 5.97 Å². The van der Waals surface area contributed by atoms with E-state index in [9.17, 15) is 9.18 Å². The van der Waals surface area contributed by atoms with Gasteiger partial charge in [-0.2, -0.15) is 0 Å². The number of methoxy groups -OCH3 is 1. The fraction of sp³-hybridized carbons (Fsp3) is 0.500. The molecule has 100 valence electrons. The van der Waals surface area contributed by atoms with Crippen LogP contribution in [0.5, 0.6) is 0 Å². The molecule has 0 aromatic heterocycles. The van der Waals surface area contributed by atoms with E-state index in [1.807, 2.05) is 6.92 Å². The van der Waals surface area contributed by atoms with Crippen molar-refractivity contribution in [3.05, 3.63) is 35.6 Å². The molecule has 1 N–H and O–H groups in total. The molecule has 0 radical (unpaired) electrons. The van der Waals surface area contributed by atoms with Crippen molar-refractivity contribution in [1.82, 2.24) is 5.32 Å². The second kappa shape index (κ2) is 5.96. The van der Waals surface area contributed by atoms with Crippen LogP contribution in [0.1, 0.15) is 38.8 Å². The predicted molar refractivity (Wildman–Crippen MR) is 68.7 cm³/mol. The number of nitrogens with one attached hydrogen (secondary N) is 1. The Morgan fingerprint density at radius 2 is 2.06 bits per heavy atom. The predicted octanol–water partition coefficient (Wildman–Crippen LogP) is 2.82. The van der Waals surface area contributed by atoms with Crippen molar-refractivity contribution in [2.75, 3.05) is 7.11 Å². The van der Waals surface area contributed by atoms with Crippen LogP contribution in [-0.4, -0.2) is 18.6 Å². The minimum Gasteiger partial charge on any atom is -0.468 e. The fourth-order valence-corrected chi connectivity index (χ4v) is 1.91. The lowest BCUT2D eigenvalue weighted by molar-refractivity contribution is -0.147. The third-order valence-electron chi connectivity index (χ3n) is 2.92. The summed E-state index contributed by atoms with van der Waals surface area (Å²) in [6.07, 6.45) is 0.682. The molecular weight excluding hydrogens is 233 g/mol. The van der Waals surface area contributed by atoms with Crippen molar-refractivity contribution in [3.8, 4) is 0 Å². The zero-order valence-corrected chi connectivity index (χ0v) is 11.3. The van der Waals surface area contributed by atoms with Crippen LogP contribution < -0.4 is 5.32 Å². The number of ether oxygens (including phenoxy) is 1. The summed E-state index contributed by atoms with van der Waals surface area (Å²) in [5.41, 5.74) is -0.283. The summed E-state index contributed by atoms with van der Waals surface area (Å²) < 4.78 is 18.5. The van der Waals surface area contributed by atoms with Crippen molar-refractivity contribution >= 4 is 5.97 Å². The standard InChI is InChI=1S/C14H20FNO2/c1-5-12(10-8-6-7-9-11(10)15)16-14(2,3)13(17)18-4/h6-9,12,16H,5H2,1-4H3. The van der Waals surface area contributed by atoms with Crippen molar-refractivity contribution in [1.29, 1.82) is 0 Å². The molecule has 0 amide bonds. The maximum atomic E-state index is 13.7. The first-order valence-corrected chi connectivity index (χ1v) is 6.03. The summed E-state index contributed by atoms with van der Waals surface area (Å²) in [5.74, 6) is -0.630. The molecule has 1 rings (SSSR count). The zero-order chi connectivity index (χ0) is 13.8. The van der Waals surface area contributed by atoms with Crippen LogP contribution in [0.4, 0.5) is 4.39 Å². The van der Waals surface area contributed by atoms with Gasteiger partial charge in [0.15, 0.2) is 0 Å². The van der Waals surface area contributed by atoms with Gasteiger partial charge in [-0.05, 0) is 26.3 Å². The summed E-state index contributed by atoms with van der Waals surface area (Å²) in [4.78, 5) is 11.6. The van der Waals surface area contributed by atoms with Crippen molar-refractivity contribution in [2.24, 2.45) is 0 Å². The molecule has 18 heavy (non-hydrogen) atoms.